The van der Waals surface area contributed by atoms with Crippen molar-refractivity contribution in [2.45, 2.75) is 71.0 Å². The zero-order valence-corrected chi connectivity index (χ0v) is 15.6. The van der Waals surface area contributed by atoms with Crippen LogP contribution in [0.4, 0.5) is 4.39 Å². The van der Waals surface area contributed by atoms with E-state index in [1.165, 1.54) is 31.4 Å². The average Bonchev–Trinajstić information content (AvgIpc) is 2.67. The third-order valence-electron chi connectivity index (χ3n) is 5.45. The summed E-state index contributed by atoms with van der Waals surface area (Å²) in [5.41, 5.74) is 5.03. The number of hydrogen-bond donors (Lipinski definition) is 2. The highest BCUT2D eigenvalue weighted by Crippen LogP contribution is 2.40. The summed E-state index contributed by atoms with van der Waals surface area (Å²) in [6.45, 7) is 3.86. The molecule has 2 N–H and O–H groups in total. The van der Waals surface area contributed by atoms with Crippen LogP contribution in [-0.4, -0.2) is 15.2 Å². The lowest BCUT2D eigenvalue weighted by Crippen LogP contribution is -2.16. The molecular formula is C22H28FNO2. The van der Waals surface area contributed by atoms with E-state index in [9.17, 15) is 14.6 Å². The predicted molar refractivity (Wildman–Crippen MR) is 101 cm³/mol. The van der Waals surface area contributed by atoms with Gasteiger partial charge < -0.3 is 10.2 Å². The number of pyridine rings is 1. The minimum atomic E-state index is -0.296. The summed E-state index contributed by atoms with van der Waals surface area (Å²) in [5.74, 6) is 0.206. The number of aromatic nitrogens is 1. The first-order valence-corrected chi connectivity index (χ1v) is 9.60. The van der Waals surface area contributed by atoms with Gasteiger partial charge in [0.25, 0.3) is 0 Å². The molecule has 1 saturated carbocycles. The molecule has 2 aromatic rings. The van der Waals surface area contributed by atoms with Crippen molar-refractivity contribution < 1.29 is 14.6 Å². The van der Waals surface area contributed by atoms with Gasteiger partial charge in [0.05, 0.1) is 13.2 Å². The average molecular weight is 357 g/mol. The molecule has 1 aromatic carbocycles. The molecule has 0 amide bonds. The Bertz CT molecular complexity index is 750. The quantitative estimate of drug-likeness (QED) is 0.788. The molecule has 3 rings (SSSR count). The van der Waals surface area contributed by atoms with Crippen LogP contribution in [0.25, 0.3) is 11.1 Å². The zero-order chi connectivity index (χ0) is 18.7. The van der Waals surface area contributed by atoms with Crippen molar-refractivity contribution in [3.8, 4) is 11.1 Å². The molecule has 26 heavy (non-hydrogen) atoms. The molecule has 0 saturated heterocycles. The van der Waals surface area contributed by atoms with Gasteiger partial charge >= 0.3 is 0 Å². The fourth-order valence-corrected chi connectivity index (χ4v) is 4.18. The Morgan fingerprint density at radius 2 is 1.62 bits per heavy atom. The fraction of sp³-hybridized carbons (Fsp3) is 0.500. The number of hydrogen-bond acceptors (Lipinski definition) is 3. The van der Waals surface area contributed by atoms with Crippen LogP contribution in [-0.2, 0) is 13.2 Å². The molecule has 1 fully saturated rings. The minimum Gasteiger partial charge on any atom is -0.392 e. The van der Waals surface area contributed by atoms with Crippen molar-refractivity contribution >= 4 is 0 Å². The number of aliphatic hydroxyl groups excluding tert-OH is 2. The summed E-state index contributed by atoms with van der Waals surface area (Å²) in [6, 6.07) is 6.29. The maximum atomic E-state index is 13.4. The molecule has 0 radical (unpaired) electrons. The topological polar surface area (TPSA) is 53.4 Å². The molecule has 1 aliphatic rings. The second-order valence-corrected chi connectivity index (χ2v) is 7.53. The highest BCUT2D eigenvalue weighted by molar-refractivity contribution is 5.73. The number of benzene rings is 1. The van der Waals surface area contributed by atoms with Crippen molar-refractivity contribution in [1.82, 2.24) is 4.98 Å². The minimum absolute atomic E-state index is 0.128. The van der Waals surface area contributed by atoms with Crippen LogP contribution in [0.5, 0.6) is 0 Å². The Balaban J connectivity index is 2.27. The van der Waals surface area contributed by atoms with Gasteiger partial charge in [0.15, 0.2) is 0 Å². The first-order chi connectivity index (χ1) is 12.6. The lowest BCUT2D eigenvalue weighted by molar-refractivity contribution is 0.271. The molecule has 0 bridgehead atoms. The third-order valence-corrected chi connectivity index (χ3v) is 5.45. The maximum Gasteiger partial charge on any atom is 0.123 e. The van der Waals surface area contributed by atoms with E-state index >= 15 is 0 Å². The number of rotatable bonds is 5. The third kappa shape index (κ3) is 3.67. The van der Waals surface area contributed by atoms with E-state index in [0.717, 1.165) is 46.5 Å². The van der Waals surface area contributed by atoms with E-state index < -0.39 is 0 Å². The van der Waals surface area contributed by atoms with E-state index in [2.05, 4.69) is 13.8 Å². The van der Waals surface area contributed by atoms with Gasteiger partial charge in [0.1, 0.15) is 5.82 Å². The largest absolute Gasteiger partial charge is 0.392 e. The zero-order valence-electron chi connectivity index (χ0n) is 15.6. The Morgan fingerprint density at radius 1 is 1.00 bits per heavy atom. The number of aliphatic hydroxyl groups is 2. The molecule has 1 aromatic heterocycles. The van der Waals surface area contributed by atoms with Gasteiger partial charge in [-0.3, -0.25) is 4.98 Å². The normalized spacial score (nSPS) is 15.6. The van der Waals surface area contributed by atoms with Crippen LogP contribution in [0.3, 0.4) is 0 Å². The van der Waals surface area contributed by atoms with Crippen LogP contribution in [0.1, 0.15) is 80.3 Å². The first kappa shape index (κ1) is 19.0. The monoisotopic (exact) mass is 357 g/mol. The molecule has 1 heterocycles. The molecular weight excluding hydrogens is 329 g/mol. The summed E-state index contributed by atoms with van der Waals surface area (Å²) >= 11 is 0. The smallest absolute Gasteiger partial charge is 0.123 e. The van der Waals surface area contributed by atoms with Crippen LogP contribution < -0.4 is 0 Å². The molecule has 4 heteroatoms. The molecule has 0 spiro atoms. The van der Waals surface area contributed by atoms with Crippen LogP contribution in [0.2, 0.25) is 0 Å². The van der Waals surface area contributed by atoms with Crippen LogP contribution in [0, 0.1) is 5.82 Å². The van der Waals surface area contributed by atoms with Crippen molar-refractivity contribution in [3.63, 3.8) is 0 Å². The molecule has 3 nitrogen and oxygen atoms in total. The molecule has 0 atom stereocenters. The Morgan fingerprint density at radius 3 is 2.15 bits per heavy atom. The summed E-state index contributed by atoms with van der Waals surface area (Å²) < 4.78 is 13.4. The number of nitrogens with zero attached hydrogens (tertiary/aromatic N) is 1. The predicted octanol–water partition coefficient (Wildman–Crippen LogP) is 5.04. The van der Waals surface area contributed by atoms with E-state index in [-0.39, 0.29) is 24.9 Å². The molecule has 0 unspecified atom stereocenters. The Kier molecular flexibility index (Phi) is 6.05. The molecule has 0 aliphatic heterocycles. The molecule has 1 aliphatic carbocycles. The first-order valence-electron chi connectivity index (χ1n) is 9.60. The summed E-state index contributed by atoms with van der Waals surface area (Å²) in [5, 5.41) is 20.3. The summed E-state index contributed by atoms with van der Waals surface area (Å²) in [4.78, 5) is 4.95. The maximum absolute atomic E-state index is 13.4. The van der Waals surface area contributed by atoms with Gasteiger partial charge in [-0.25, -0.2) is 4.39 Å². The summed E-state index contributed by atoms with van der Waals surface area (Å²) in [6.07, 6.45) is 5.78. The van der Waals surface area contributed by atoms with Gasteiger partial charge in [-0.2, -0.15) is 0 Å². The van der Waals surface area contributed by atoms with Crippen molar-refractivity contribution in [2.24, 2.45) is 0 Å². The fourth-order valence-electron chi connectivity index (χ4n) is 4.18. The van der Waals surface area contributed by atoms with Crippen molar-refractivity contribution in [2.75, 3.05) is 0 Å². The SMILES string of the molecule is CC(C)c1nc(C2CCCCC2)c(CO)c(-c2ccc(F)cc2)c1CO. The van der Waals surface area contributed by atoms with E-state index in [0.29, 0.717) is 5.92 Å². The lowest BCUT2D eigenvalue weighted by atomic mass is 9.81. The number of halogens is 1. The van der Waals surface area contributed by atoms with Gasteiger partial charge in [-0.05, 0) is 42.0 Å². The lowest BCUT2D eigenvalue weighted by Gasteiger charge is -2.28. The molecule has 140 valence electrons. The second kappa shape index (κ2) is 8.28. The van der Waals surface area contributed by atoms with Crippen molar-refractivity contribution in [3.05, 3.63) is 52.6 Å². The van der Waals surface area contributed by atoms with Crippen LogP contribution in [0.15, 0.2) is 24.3 Å². The van der Waals surface area contributed by atoms with Gasteiger partial charge in [0, 0.05) is 28.4 Å². The van der Waals surface area contributed by atoms with Gasteiger partial charge in [0.2, 0.25) is 0 Å². The van der Waals surface area contributed by atoms with Crippen molar-refractivity contribution in [1.29, 1.82) is 0 Å². The standard InChI is InChI=1S/C22H28FNO2/c1-14(2)21-18(12-25)20(15-8-10-17(23)11-9-15)19(13-26)22(24-21)16-6-4-3-5-7-16/h8-11,14,16,25-26H,3-7,12-13H2,1-2H3. The highest BCUT2D eigenvalue weighted by Gasteiger charge is 2.26. The van der Waals surface area contributed by atoms with Gasteiger partial charge in [-0.1, -0.05) is 45.2 Å². The van der Waals surface area contributed by atoms with Crippen LogP contribution >= 0.6 is 0 Å². The Labute approximate surface area is 154 Å². The summed E-state index contributed by atoms with van der Waals surface area (Å²) in [7, 11) is 0. The Hall–Kier alpha value is -1.78. The highest BCUT2D eigenvalue weighted by atomic mass is 19.1. The van der Waals surface area contributed by atoms with E-state index in [1.54, 1.807) is 12.1 Å². The van der Waals surface area contributed by atoms with Gasteiger partial charge in [-0.15, -0.1) is 0 Å². The van der Waals surface area contributed by atoms with E-state index in [4.69, 9.17) is 4.98 Å². The van der Waals surface area contributed by atoms with E-state index in [1.807, 2.05) is 0 Å². The second-order valence-electron chi connectivity index (χ2n) is 7.53.